The number of benzene rings is 1. The highest BCUT2D eigenvalue weighted by Crippen LogP contribution is 2.40. The van der Waals surface area contributed by atoms with Gasteiger partial charge in [0.25, 0.3) is 0 Å². The van der Waals surface area contributed by atoms with Crippen LogP contribution in [0.4, 0.5) is 0 Å². The molecule has 1 aromatic rings. The maximum atomic E-state index is 5.52. The predicted octanol–water partition coefficient (Wildman–Crippen LogP) is 2.93. The summed E-state index contributed by atoms with van der Waals surface area (Å²) in [6, 6.07) is 8.75. The molecule has 1 aliphatic carbocycles. The summed E-state index contributed by atoms with van der Waals surface area (Å²) in [6.45, 7) is 4.74. The van der Waals surface area contributed by atoms with Gasteiger partial charge in [-0.3, -0.25) is 0 Å². The van der Waals surface area contributed by atoms with Crippen molar-refractivity contribution in [1.29, 1.82) is 0 Å². The summed E-state index contributed by atoms with van der Waals surface area (Å²) < 4.78 is 0. The van der Waals surface area contributed by atoms with E-state index in [0.717, 1.165) is 17.9 Å². The third kappa shape index (κ3) is 2.05. The molecule has 0 unspecified atom stereocenters. The van der Waals surface area contributed by atoms with E-state index < -0.39 is 0 Å². The third-order valence-corrected chi connectivity index (χ3v) is 2.79. The predicted molar refractivity (Wildman–Crippen MR) is 61.1 cm³/mol. The highest BCUT2D eigenvalue weighted by molar-refractivity contribution is 5.64. The van der Waals surface area contributed by atoms with Gasteiger partial charge in [0.05, 0.1) is 0 Å². The minimum atomic E-state index is 0.687. The lowest BCUT2D eigenvalue weighted by Crippen LogP contribution is -1.99. The molecule has 1 aliphatic rings. The molecule has 0 spiro atoms. The van der Waals surface area contributed by atoms with Crippen LogP contribution < -0.4 is 5.73 Å². The van der Waals surface area contributed by atoms with Gasteiger partial charge in [-0.2, -0.15) is 0 Å². The maximum Gasteiger partial charge on any atom is -0.00367 e. The van der Waals surface area contributed by atoms with Crippen LogP contribution in [-0.4, -0.2) is 6.54 Å². The zero-order valence-electron chi connectivity index (χ0n) is 8.50. The van der Waals surface area contributed by atoms with Gasteiger partial charge in [0.2, 0.25) is 0 Å². The SMILES string of the molecule is C=C(CCN)c1cccc(C2CC2)c1. The number of hydrogen-bond donors (Lipinski definition) is 1. The molecule has 2 rings (SSSR count). The fraction of sp³-hybridized carbons (Fsp3) is 0.385. The Bertz CT molecular complexity index is 337. The molecule has 1 heteroatoms. The average Bonchev–Trinajstić information content (AvgIpc) is 3.02. The minimum absolute atomic E-state index is 0.687. The second-order valence-electron chi connectivity index (χ2n) is 4.04. The van der Waals surface area contributed by atoms with Gasteiger partial charge in [0.1, 0.15) is 0 Å². The molecule has 1 nitrogen and oxygen atoms in total. The molecular weight excluding hydrogens is 170 g/mol. The van der Waals surface area contributed by atoms with Crippen molar-refractivity contribution in [3.05, 3.63) is 42.0 Å². The molecule has 0 aromatic heterocycles. The molecule has 1 fully saturated rings. The van der Waals surface area contributed by atoms with Crippen molar-refractivity contribution >= 4 is 5.57 Å². The van der Waals surface area contributed by atoms with Crippen LogP contribution in [0.3, 0.4) is 0 Å². The molecule has 0 radical (unpaired) electrons. The first-order chi connectivity index (χ1) is 6.81. The van der Waals surface area contributed by atoms with E-state index in [-0.39, 0.29) is 0 Å². The molecule has 14 heavy (non-hydrogen) atoms. The Hall–Kier alpha value is -1.08. The largest absolute Gasteiger partial charge is 0.330 e. The van der Waals surface area contributed by atoms with E-state index in [2.05, 4.69) is 30.8 Å². The van der Waals surface area contributed by atoms with Gasteiger partial charge in [-0.25, -0.2) is 0 Å². The van der Waals surface area contributed by atoms with Crippen LogP contribution in [-0.2, 0) is 0 Å². The average molecular weight is 187 g/mol. The van der Waals surface area contributed by atoms with Gasteiger partial charge >= 0.3 is 0 Å². The normalized spacial score (nSPS) is 15.5. The number of hydrogen-bond acceptors (Lipinski definition) is 1. The molecule has 0 aliphatic heterocycles. The van der Waals surface area contributed by atoms with Crippen molar-refractivity contribution in [2.24, 2.45) is 5.73 Å². The second kappa shape index (κ2) is 3.97. The first-order valence-corrected chi connectivity index (χ1v) is 5.29. The molecule has 0 atom stereocenters. The van der Waals surface area contributed by atoms with E-state index in [4.69, 9.17) is 5.73 Å². The van der Waals surface area contributed by atoms with E-state index in [1.807, 2.05) is 0 Å². The van der Waals surface area contributed by atoms with Crippen molar-refractivity contribution < 1.29 is 0 Å². The van der Waals surface area contributed by atoms with Gasteiger partial charge in [0, 0.05) is 0 Å². The van der Waals surface area contributed by atoms with Crippen LogP contribution in [0, 0.1) is 0 Å². The Kier molecular flexibility index (Phi) is 2.69. The Morgan fingerprint density at radius 1 is 1.43 bits per heavy atom. The van der Waals surface area contributed by atoms with Gasteiger partial charge in [-0.05, 0) is 48.4 Å². The molecule has 0 saturated heterocycles. The summed E-state index contributed by atoms with van der Waals surface area (Å²) >= 11 is 0. The molecule has 0 heterocycles. The molecule has 0 bridgehead atoms. The van der Waals surface area contributed by atoms with E-state index >= 15 is 0 Å². The summed E-state index contributed by atoms with van der Waals surface area (Å²) in [5, 5.41) is 0. The Balaban J connectivity index is 2.16. The monoisotopic (exact) mass is 187 g/mol. The van der Waals surface area contributed by atoms with Crippen LogP contribution in [0.25, 0.3) is 5.57 Å². The summed E-state index contributed by atoms with van der Waals surface area (Å²) in [7, 11) is 0. The first kappa shape index (κ1) is 9.47. The van der Waals surface area contributed by atoms with Crippen LogP contribution in [0.1, 0.15) is 36.3 Å². The Morgan fingerprint density at radius 2 is 2.21 bits per heavy atom. The quantitative estimate of drug-likeness (QED) is 0.770. The fourth-order valence-electron chi connectivity index (χ4n) is 1.75. The van der Waals surface area contributed by atoms with Gasteiger partial charge in [-0.1, -0.05) is 30.8 Å². The fourth-order valence-corrected chi connectivity index (χ4v) is 1.75. The van der Waals surface area contributed by atoms with E-state index in [0.29, 0.717) is 6.54 Å². The number of rotatable bonds is 4. The third-order valence-electron chi connectivity index (χ3n) is 2.79. The van der Waals surface area contributed by atoms with Gasteiger partial charge in [-0.15, -0.1) is 0 Å². The summed E-state index contributed by atoms with van der Waals surface area (Å²) in [6.07, 6.45) is 3.60. The number of nitrogens with two attached hydrogens (primary N) is 1. The molecule has 74 valence electrons. The molecule has 0 amide bonds. The smallest absolute Gasteiger partial charge is 0.00367 e. The Labute approximate surface area is 85.6 Å². The Morgan fingerprint density at radius 3 is 2.86 bits per heavy atom. The summed E-state index contributed by atoms with van der Waals surface area (Å²) in [4.78, 5) is 0. The highest BCUT2D eigenvalue weighted by atomic mass is 14.5. The van der Waals surface area contributed by atoms with Crippen molar-refractivity contribution in [3.8, 4) is 0 Å². The minimum Gasteiger partial charge on any atom is -0.330 e. The van der Waals surface area contributed by atoms with E-state index in [1.54, 1.807) is 0 Å². The van der Waals surface area contributed by atoms with E-state index in [1.165, 1.54) is 24.0 Å². The van der Waals surface area contributed by atoms with Crippen LogP contribution in [0.2, 0.25) is 0 Å². The molecule has 1 aromatic carbocycles. The van der Waals surface area contributed by atoms with Crippen molar-refractivity contribution in [1.82, 2.24) is 0 Å². The lowest BCUT2D eigenvalue weighted by molar-refractivity contribution is 1.02. The van der Waals surface area contributed by atoms with Crippen LogP contribution >= 0.6 is 0 Å². The van der Waals surface area contributed by atoms with Crippen molar-refractivity contribution in [2.45, 2.75) is 25.2 Å². The lowest BCUT2D eigenvalue weighted by Gasteiger charge is -2.06. The zero-order chi connectivity index (χ0) is 9.97. The molecule has 1 saturated carbocycles. The van der Waals surface area contributed by atoms with Crippen molar-refractivity contribution in [3.63, 3.8) is 0 Å². The maximum absolute atomic E-state index is 5.52. The second-order valence-corrected chi connectivity index (χ2v) is 4.04. The van der Waals surface area contributed by atoms with Gasteiger partial charge in [0.15, 0.2) is 0 Å². The zero-order valence-corrected chi connectivity index (χ0v) is 8.50. The first-order valence-electron chi connectivity index (χ1n) is 5.29. The lowest BCUT2D eigenvalue weighted by atomic mass is 10.0. The van der Waals surface area contributed by atoms with Gasteiger partial charge < -0.3 is 5.73 Å². The topological polar surface area (TPSA) is 26.0 Å². The summed E-state index contributed by atoms with van der Waals surface area (Å²) in [5.74, 6) is 0.820. The molecular formula is C13H17N. The van der Waals surface area contributed by atoms with E-state index in [9.17, 15) is 0 Å². The van der Waals surface area contributed by atoms with Crippen LogP contribution in [0.15, 0.2) is 30.8 Å². The van der Waals surface area contributed by atoms with Crippen molar-refractivity contribution in [2.75, 3.05) is 6.54 Å². The highest BCUT2D eigenvalue weighted by Gasteiger charge is 2.23. The summed E-state index contributed by atoms with van der Waals surface area (Å²) in [5.41, 5.74) is 9.41. The standard InChI is InChI=1S/C13H17N/c1-10(7-8-14)12-3-2-4-13(9-12)11-5-6-11/h2-4,9,11H,1,5-8,14H2. The van der Waals surface area contributed by atoms with Crippen LogP contribution in [0.5, 0.6) is 0 Å². The molecule has 2 N–H and O–H groups in total.